The standard InChI is InChI=1S/C23H39N3O6S/c1-16-14-26(17(2)15-27)23(28)20-12-19(25-33(5,29)30)9-10-21(20)32-18(3)8-6-7-11-31-22(16)13-24-4/h9-10,12,16-18,22,24-25,27H,6-8,11,13-15H2,1-5H3/t16-,17+,18-,22+/m1/s1. The van der Waals surface area contributed by atoms with Crippen LogP contribution in [0.5, 0.6) is 5.75 Å². The molecule has 2 rings (SSSR count). The van der Waals surface area contributed by atoms with Crippen molar-refractivity contribution in [3.8, 4) is 5.75 Å². The first-order valence-electron chi connectivity index (χ1n) is 11.5. The molecule has 0 saturated carbocycles. The zero-order chi connectivity index (χ0) is 24.6. The molecule has 0 unspecified atom stereocenters. The SMILES string of the molecule is CNC[C@@H]1OCCCC[C@@H](C)Oc2ccc(NS(C)(=O)=O)cc2C(=O)N([C@@H](C)CO)C[C@H]1C. The number of benzene rings is 1. The lowest BCUT2D eigenvalue weighted by Gasteiger charge is -2.34. The molecule has 1 amide bonds. The number of anilines is 1. The number of hydrogen-bond donors (Lipinski definition) is 3. The zero-order valence-electron chi connectivity index (χ0n) is 20.3. The highest BCUT2D eigenvalue weighted by Crippen LogP contribution is 2.28. The third kappa shape index (κ3) is 8.44. The molecule has 0 fully saturated rings. The molecular weight excluding hydrogens is 446 g/mol. The Labute approximate surface area is 197 Å². The summed E-state index contributed by atoms with van der Waals surface area (Å²) in [7, 11) is -1.65. The Morgan fingerprint density at radius 1 is 1.27 bits per heavy atom. The molecule has 1 aromatic rings. The largest absolute Gasteiger partial charge is 0.490 e. The number of rotatable bonds is 6. The van der Waals surface area contributed by atoms with E-state index in [4.69, 9.17) is 9.47 Å². The fourth-order valence-corrected chi connectivity index (χ4v) is 4.45. The van der Waals surface area contributed by atoms with Crippen LogP contribution in [-0.4, -0.2) is 82.2 Å². The number of aliphatic hydroxyl groups excluding tert-OH is 1. The van der Waals surface area contributed by atoms with Gasteiger partial charge in [-0.1, -0.05) is 6.92 Å². The van der Waals surface area contributed by atoms with Crippen LogP contribution in [-0.2, 0) is 14.8 Å². The van der Waals surface area contributed by atoms with Crippen molar-refractivity contribution in [1.29, 1.82) is 0 Å². The van der Waals surface area contributed by atoms with E-state index < -0.39 is 16.1 Å². The van der Waals surface area contributed by atoms with E-state index in [2.05, 4.69) is 10.0 Å². The van der Waals surface area contributed by atoms with Gasteiger partial charge in [0.25, 0.3) is 5.91 Å². The van der Waals surface area contributed by atoms with Crippen molar-refractivity contribution in [3.63, 3.8) is 0 Å². The van der Waals surface area contributed by atoms with Crippen molar-refractivity contribution in [2.24, 2.45) is 5.92 Å². The Kier molecular flexibility index (Phi) is 10.4. The van der Waals surface area contributed by atoms with Gasteiger partial charge in [0, 0.05) is 31.3 Å². The molecule has 3 N–H and O–H groups in total. The first-order valence-corrected chi connectivity index (χ1v) is 13.4. The highest BCUT2D eigenvalue weighted by molar-refractivity contribution is 7.92. The molecule has 0 bridgehead atoms. The second-order valence-electron chi connectivity index (χ2n) is 8.94. The summed E-state index contributed by atoms with van der Waals surface area (Å²) in [6.07, 6.45) is 3.45. The lowest BCUT2D eigenvalue weighted by molar-refractivity contribution is -0.000450. The summed E-state index contributed by atoms with van der Waals surface area (Å²) >= 11 is 0. The van der Waals surface area contributed by atoms with Crippen LogP contribution in [0.15, 0.2) is 18.2 Å². The van der Waals surface area contributed by atoms with Crippen LogP contribution in [0.2, 0.25) is 0 Å². The number of amides is 1. The Bertz CT molecular complexity index is 879. The molecule has 0 spiro atoms. The maximum atomic E-state index is 13.7. The van der Waals surface area contributed by atoms with E-state index in [9.17, 15) is 18.3 Å². The van der Waals surface area contributed by atoms with Gasteiger partial charge in [-0.15, -0.1) is 0 Å². The number of carbonyl (C=O) groups is 1. The number of nitrogens with one attached hydrogen (secondary N) is 2. The summed E-state index contributed by atoms with van der Waals surface area (Å²) in [4.78, 5) is 15.4. The Morgan fingerprint density at radius 2 is 2.00 bits per heavy atom. The third-order valence-electron chi connectivity index (χ3n) is 5.76. The quantitative estimate of drug-likeness (QED) is 0.565. The minimum atomic E-state index is -3.52. The average Bonchev–Trinajstić information content (AvgIpc) is 2.74. The number of fused-ring (bicyclic) bond motifs is 1. The zero-order valence-corrected chi connectivity index (χ0v) is 21.2. The molecule has 1 aromatic carbocycles. The Hall–Kier alpha value is -1.88. The maximum Gasteiger partial charge on any atom is 0.258 e. The fourth-order valence-electron chi connectivity index (χ4n) is 3.89. The molecule has 0 aromatic heterocycles. The molecule has 10 heteroatoms. The van der Waals surface area contributed by atoms with E-state index in [1.165, 1.54) is 6.07 Å². The fraction of sp³-hybridized carbons (Fsp3) is 0.696. The molecule has 9 nitrogen and oxygen atoms in total. The highest BCUT2D eigenvalue weighted by atomic mass is 32.2. The van der Waals surface area contributed by atoms with Gasteiger partial charge in [-0.25, -0.2) is 8.42 Å². The van der Waals surface area contributed by atoms with Crippen LogP contribution in [0.4, 0.5) is 5.69 Å². The van der Waals surface area contributed by atoms with Crippen LogP contribution < -0.4 is 14.8 Å². The van der Waals surface area contributed by atoms with E-state index in [0.717, 1.165) is 25.5 Å². The third-order valence-corrected chi connectivity index (χ3v) is 6.37. The van der Waals surface area contributed by atoms with Crippen molar-refractivity contribution in [1.82, 2.24) is 10.2 Å². The molecule has 188 valence electrons. The van der Waals surface area contributed by atoms with Crippen molar-refractivity contribution in [3.05, 3.63) is 23.8 Å². The highest BCUT2D eigenvalue weighted by Gasteiger charge is 2.29. The molecule has 1 aliphatic heterocycles. The predicted octanol–water partition coefficient (Wildman–Crippen LogP) is 2.07. The lowest BCUT2D eigenvalue weighted by Crippen LogP contribution is -2.47. The van der Waals surface area contributed by atoms with Crippen molar-refractivity contribution >= 4 is 21.6 Å². The number of nitrogens with zero attached hydrogens (tertiary/aromatic N) is 1. The molecule has 0 radical (unpaired) electrons. The van der Waals surface area contributed by atoms with Gasteiger partial charge in [0.15, 0.2) is 0 Å². The summed E-state index contributed by atoms with van der Waals surface area (Å²) in [6, 6.07) is 4.27. The maximum absolute atomic E-state index is 13.7. The molecule has 1 heterocycles. The topological polar surface area (TPSA) is 117 Å². The number of likely N-dealkylation sites (N-methyl/N-ethyl adjacent to an activating group) is 1. The second-order valence-corrected chi connectivity index (χ2v) is 10.7. The van der Waals surface area contributed by atoms with E-state index in [1.807, 2.05) is 20.9 Å². The lowest BCUT2D eigenvalue weighted by atomic mass is 10.0. The Morgan fingerprint density at radius 3 is 2.64 bits per heavy atom. The van der Waals surface area contributed by atoms with Gasteiger partial charge in [-0.3, -0.25) is 9.52 Å². The van der Waals surface area contributed by atoms with E-state index in [-0.39, 0.29) is 41.9 Å². The molecular formula is C23H39N3O6S. The number of aliphatic hydroxyl groups is 1. The normalized spacial score (nSPS) is 24.4. The summed E-state index contributed by atoms with van der Waals surface area (Å²) in [6.45, 7) is 7.20. The first kappa shape index (κ1) is 27.4. The van der Waals surface area contributed by atoms with Crippen molar-refractivity contribution in [2.45, 2.75) is 58.3 Å². The minimum Gasteiger partial charge on any atom is -0.490 e. The minimum absolute atomic E-state index is 0.000963. The summed E-state index contributed by atoms with van der Waals surface area (Å²) in [5.74, 6) is 0.0661. The number of sulfonamides is 1. The van der Waals surface area contributed by atoms with Crippen LogP contribution in [0.25, 0.3) is 0 Å². The summed E-state index contributed by atoms with van der Waals surface area (Å²) in [5.41, 5.74) is 0.536. The molecule has 1 aliphatic rings. The number of hydrogen-bond acceptors (Lipinski definition) is 7. The number of ether oxygens (including phenoxy) is 2. The molecule has 0 aliphatic carbocycles. The van der Waals surface area contributed by atoms with Gasteiger partial charge in [0.1, 0.15) is 5.75 Å². The second kappa shape index (κ2) is 12.5. The van der Waals surface area contributed by atoms with Gasteiger partial charge < -0.3 is 24.8 Å². The van der Waals surface area contributed by atoms with E-state index in [1.54, 1.807) is 24.0 Å². The van der Waals surface area contributed by atoms with Crippen molar-refractivity contribution < 1.29 is 27.8 Å². The monoisotopic (exact) mass is 485 g/mol. The van der Waals surface area contributed by atoms with Crippen LogP contribution >= 0.6 is 0 Å². The number of carbonyl (C=O) groups excluding carboxylic acids is 1. The smallest absolute Gasteiger partial charge is 0.258 e. The van der Waals surface area contributed by atoms with Gasteiger partial charge >= 0.3 is 0 Å². The first-order chi connectivity index (χ1) is 15.6. The van der Waals surface area contributed by atoms with Crippen LogP contribution in [0.3, 0.4) is 0 Å². The Balaban J connectivity index is 2.51. The predicted molar refractivity (Wildman–Crippen MR) is 129 cm³/mol. The van der Waals surface area contributed by atoms with Gasteiger partial charge in [-0.05, 0) is 58.4 Å². The van der Waals surface area contributed by atoms with E-state index in [0.29, 0.717) is 25.4 Å². The average molecular weight is 486 g/mol. The van der Waals surface area contributed by atoms with Gasteiger partial charge in [-0.2, -0.15) is 0 Å². The van der Waals surface area contributed by atoms with E-state index >= 15 is 0 Å². The van der Waals surface area contributed by atoms with Gasteiger partial charge in [0.05, 0.1) is 36.7 Å². The van der Waals surface area contributed by atoms with Crippen LogP contribution in [0, 0.1) is 5.92 Å². The molecule has 4 atom stereocenters. The molecule has 0 saturated heterocycles. The molecule has 33 heavy (non-hydrogen) atoms. The van der Waals surface area contributed by atoms with Gasteiger partial charge in [0.2, 0.25) is 10.0 Å². The summed E-state index contributed by atoms with van der Waals surface area (Å²) < 4.78 is 38.2. The van der Waals surface area contributed by atoms with Crippen molar-refractivity contribution in [2.75, 3.05) is 44.3 Å². The summed E-state index contributed by atoms with van der Waals surface area (Å²) in [5, 5.41) is 13.0. The van der Waals surface area contributed by atoms with Crippen LogP contribution in [0.1, 0.15) is 50.4 Å².